The van der Waals surface area contributed by atoms with E-state index in [4.69, 9.17) is 13.9 Å². The van der Waals surface area contributed by atoms with Gasteiger partial charge in [-0.15, -0.1) is 0 Å². The van der Waals surface area contributed by atoms with E-state index in [1.54, 1.807) is 20.8 Å². The Morgan fingerprint density at radius 1 is 0.605 bits per heavy atom. The van der Waals surface area contributed by atoms with Crippen LogP contribution in [0.15, 0.2) is 91.0 Å². The Bertz CT molecular complexity index is 2680. The highest BCUT2D eigenvalue weighted by Crippen LogP contribution is 2.40. The fourth-order valence-corrected chi connectivity index (χ4v) is 17.5. The zero-order valence-corrected chi connectivity index (χ0v) is 50.9. The van der Waals surface area contributed by atoms with Gasteiger partial charge in [0.05, 0.1) is 12.0 Å². The van der Waals surface area contributed by atoms with E-state index in [1.165, 1.54) is 33.6 Å². The second-order valence-electron chi connectivity index (χ2n) is 25.1. The first-order valence-corrected chi connectivity index (χ1v) is 31.2. The normalized spacial score (nSPS) is 27.8. The third-order valence-corrected chi connectivity index (χ3v) is 22.2. The highest BCUT2D eigenvalue weighted by atomic mass is 28.4. The number of rotatable bonds is 10. The van der Waals surface area contributed by atoms with Crippen molar-refractivity contribution in [3.8, 4) is 0 Å². The van der Waals surface area contributed by atoms with Gasteiger partial charge in [0.1, 0.15) is 30.2 Å². The van der Waals surface area contributed by atoms with E-state index in [1.807, 2.05) is 101 Å². The van der Waals surface area contributed by atoms with E-state index in [0.717, 1.165) is 15.9 Å². The molecule has 0 bridgehead atoms. The quantitative estimate of drug-likeness (QED) is 0.188. The maximum Gasteiger partial charge on any atom is 0.329 e. The predicted molar refractivity (Wildman–Crippen MR) is 311 cm³/mol. The topological polar surface area (TPSA) is 201 Å². The Balaban J connectivity index is 1.35. The van der Waals surface area contributed by atoms with E-state index in [2.05, 4.69) is 55.7 Å². The van der Waals surface area contributed by atoms with Crippen LogP contribution >= 0.6 is 0 Å². The van der Waals surface area contributed by atoms with Crippen molar-refractivity contribution in [3.63, 3.8) is 0 Å². The van der Waals surface area contributed by atoms with Crippen molar-refractivity contribution in [2.45, 2.75) is 181 Å². The van der Waals surface area contributed by atoms with Gasteiger partial charge in [-0.25, -0.2) is 4.79 Å². The fraction of sp³-hybridized carbons (Fsp3) is 0.587. The second-order valence-corrected chi connectivity index (χ2v) is 29.3. The third-order valence-electron chi connectivity index (χ3n) is 17.1. The van der Waals surface area contributed by atoms with Crippen LogP contribution in [0.2, 0.25) is 5.04 Å². The number of cyclic esters (lactones) is 2. The molecule has 0 radical (unpaired) electrons. The van der Waals surface area contributed by atoms with Gasteiger partial charge in [0, 0.05) is 39.1 Å². The molecule has 17 nitrogen and oxygen atoms in total. The Hall–Kier alpha value is -6.40. The molecule has 4 saturated heterocycles. The molecule has 440 valence electrons. The number of likely N-dealkylation sites (N-methyl/N-ethyl adjacent to an activating group) is 1. The zero-order valence-electron chi connectivity index (χ0n) is 49.9. The smallest absolute Gasteiger partial charge is 0.329 e. The maximum atomic E-state index is 15.8. The minimum atomic E-state index is -3.31. The minimum absolute atomic E-state index is 0.0343. The summed E-state index contributed by atoms with van der Waals surface area (Å²) in [4.78, 5) is 125. The molecule has 0 unspecified atom stereocenters. The van der Waals surface area contributed by atoms with E-state index in [9.17, 15) is 24.0 Å². The molecule has 11 atom stereocenters. The summed E-state index contributed by atoms with van der Waals surface area (Å²) < 4.78 is 19.6. The van der Waals surface area contributed by atoms with Crippen LogP contribution in [0, 0.1) is 29.6 Å². The molecular formula is C63H88N6O11Si. The number of hydrogen-bond donors (Lipinski definition) is 2. The molecule has 3 aromatic carbocycles. The largest absolute Gasteiger partial charge is 0.452 e. The van der Waals surface area contributed by atoms with Gasteiger partial charge in [-0.2, -0.15) is 0 Å². The lowest BCUT2D eigenvalue weighted by molar-refractivity contribution is -0.172. The molecule has 18 heteroatoms. The monoisotopic (exact) mass is 1130 g/mol. The summed E-state index contributed by atoms with van der Waals surface area (Å²) in [6.45, 7) is 22.6. The molecule has 0 aromatic heterocycles. The summed E-state index contributed by atoms with van der Waals surface area (Å²) in [6, 6.07) is 23.4. The first kappa shape index (κ1) is 62.2. The first-order valence-electron chi connectivity index (χ1n) is 29.3. The predicted octanol–water partition coefficient (Wildman–Crippen LogP) is 5.65. The molecule has 2 N–H and O–H groups in total. The number of nitrogens with zero attached hydrogens (tertiary/aromatic N) is 4. The highest BCUT2D eigenvalue weighted by Gasteiger charge is 2.55. The van der Waals surface area contributed by atoms with Gasteiger partial charge >= 0.3 is 11.9 Å². The molecule has 7 rings (SSSR count). The SMILES string of the molecule is CC(C)[C@@H]1OC(=O)[C@@H]2CCCN2C(=O)[C@H](C)OC(=O)[C@H](C)[C@@H](C(C)C)NC(=O)[C@@H]2CCCN2C(=O)[C@H]([C@H](C)Cc2ccccc2)NC(=O)[C@@H]2C[C@@H](O[Si](c3ccccc3)(c3ccccc3)C(C)(C)C)CN2C(=O)[C@@H](C(C)C)N(C)C1=O. The molecular weight excluding hydrogens is 1040 g/mol. The number of fused-ring (bicyclic) bond motifs is 3. The van der Waals surface area contributed by atoms with Crippen LogP contribution in [-0.4, -0.2) is 157 Å². The van der Waals surface area contributed by atoms with Crippen molar-refractivity contribution in [2.75, 3.05) is 26.7 Å². The van der Waals surface area contributed by atoms with Crippen molar-refractivity contribution in [2.24, 2.45) is 29.6 Å². The summed E-state index contributed by atoms with van der Waals surface area (Å²) in [5.41, 5.74) is 0.925. The number of benzene rings is 3. The summed E-state index contributed by atoms with van der Waals surface area (Å²) >= 11 is 0. The standard InChI is InChI=1S/C63H88N6O11Si/c1-38(2)51-42(8)61(76)78-43(9)57(72)68-34-24-32-49(68)62(77)79-54(40(5)6)60(75)66(13)53(39(3)4)59(74)69-37-45(80-81(63(10,11)12,46-27-19-15-20-28-46)47-29-21-16-22-30-47)36-50(69)56(71)65-52(41(7)35-44-25-17-14-18-26-44)58(73)67-33-23-31-48(67)55(70)64-51/h14-22,25-30,38-43,45,48-54H,23-24,31-37H2,1-13H3,(H,64,70)(H,65,71)/t41-,42-,43+,45-,48+,49+,50+,51-,52+,53-,54+/m1/s1. The number of nitrogens with one attached hydrogen (secondary N) is 2. The number of ether oxygens (including phenoxy) is 2. The molecule has 4 aliphatic rings. The van der Waals surface area contributed by atoms with Crippen molar-refractivity contribution >= 4 is 66.1 Å². The average molecular weight is 1130 g/mol. The molecule has 4 heterocycles. The summed E-state index contributed by atoms with van der Waals surface area (Å²) in [6.07, 6.45) is -1.45. The Morgan fingerprint density at radius 3 is 1.67 bits per heavy atom. The Labute approximate surface area is 480 Å². The van der Waals surface area contributed by atoms with Crippen molar-refractivity contribution in [1.82, 2.24) is 30.2 Å². The van der Waals surface area contributed by atoms with Crippen molar-refractivity contribution < 1.29 is 52.3 Å². The van der Waals surface area contributed by atoms with Crippen LogP contribution in [0.25, 0.3) is 0 Å². The summed E-state index contributed by atoms with van der Waals surface area (Å²) in [7, 11) is -1.81. The number of hydrogen-bond acceptors (Lipinski definition) is 11. The Morgan fingerprint density at radius 2 is 1.14 bits per heavy atom. The number of amides is 6. The van der Waals surface area contributed by atoms with Crippen molar-refractivity contribution in [3.05, 3.63) is 96.6 Å². The summed E-state index contributed by atoms with van der Waals surface area (Å²) in [5.74, 6) is -7.72. The molecule has 0 aliphatic carbocycles. The molecule has 0 saturated carbocycles. The van der Waals surface area contributed by atoms with Gasteiger partial charge < -0.3 is 44.1 Å². The third kappa shape index (κ3) is 13.4. The van der Waals surface area contributed by atoms with Crippen LogP contribution < -0.4 is 21.0 Å². The lowest BCUT2D eigenvalue weighted by atomic mass is 9.91. The van der Waals surface area contributed by atoms with E-state index in [0.29, 0.717) is 25.7 Å². The van der Waals surface area contributed by atoms with Gasteiger partial charge in [-0.3, -0.25) is 33.6 Å². The first-order chi connectivity index (χ1) is 38.3. The van der Waals surface area contributed by atoms with Gasteiger partial charge in [0.2, 0.25) is 23.6 Å². The lowest BCUT2D eigenvalue weighted by Gasteiger charge is -2.44. The highest BCUT2D eigenvalue weighted by molar-refractivity contribution is 6.99. The molecule has 6 amide bonds. The fourth-order valence-electron chi connectivity index (χ4n) is 12.8. The number of carbonyl (C=O) groups is 8. The number of esters is 2. The maximum absolute atomic E-state index is 15.8. The molecule has 4 aliphatic heterocycles. The van der Waals surface area contributed by atoms with Crippen LogP contribution in [0.1, 0.15) is 121 Å². The van der Waals surface area contributed by atoms with Crippen LogP contribution in [0.5, 0.6) is 0 Å². The van der Waals surface area contributed by atoms with Crippen LogP contribution in [0.4, 0.5) is 0 Å². The van der Waals surface area contributed by atoms with E-state index in [-0.39, 0.29) is 38.4 Å². The van der Waals surface area contributed by atoms with Gasteiger partial charge in [-0.1, -0.05) is 160 Å². The van der Waals surface area contributed by atoms with Crippen LogP contribution in [0.3, 0.4) is 0 Å². The molecule has 81 heavy (non-hydrogen) atoms. The summed E-state index contributed by atoms with van der Waals surface area (Å²) in [5, 5.41) is 7.77. The van der Waals surface area contributed by atoms with Gasteiger partial charge in [0.15, 0.2) is 12.2 Å². The molecule has 4 fully saturated rings. The van der Waals surface area contributed by atoms with E-state index >= 15 is 14.4 Å². The van der Waals surface area contributed by atoms with Crippen molar-refractivity contribution in [1.29, 1.82) is 0 Å². The van der Waals surface area contributed by atoms with Crippen LogP contribution in [-0.2, 0) is 58.7 Å². The lowest BCUT2D eigenvalue weighted by Crippen LogP contribution is -2.68. The molecule has 0 spiro atoms. The van der Waals surface area contributed by atoms with E-state index < -0.39 is 139 Å². The number of carbonyl (C=O) groups excluding carboxylic acids is 8. The minimum Gasteiger partial charge on any atom is -0.452 e. The Kier molecular flexibility index (Phi) is 20.1. The second kappa shape index (κ2) is 26.2. The zero-order chi connectivity index (χ0) is 59.2. The average Bonchev–Trinajstić information content (AvgIpc) is 4.43. The van der Waals surface area contributed by atoms with Gasteiger partial charge in [-0.05, 0) is 90.6 Å². The molecule has 3 aromatic rings. The van der Waals surface area contributed by atoms with Gasteiger partial charge in [0.25, 0.3) is 20.1 Å².